The summed E-state index contributed by atoms with van der Waals surface area (Å²) >= 11 is 0. The van der Waals surface area contributed by atoms with E-state index in [9.17, 15) is 13.2 Å². The first kappa shape index (κ1) is 19.4. The van der Waals surface area contributed by atoms with Gasteiger partial charge in [-0.1, -0.05) is 12.1 Å². The second kappa shape index (κ2) is 7.70. The van der Waals surface area contributed by atoms with E-state index in [2.05, 4.69) is 10.0 Å². The van der Waals surface area contributed by atoms with Gasteiger partial charge in [0, 0.05) is 37.9 Å². The SMILES string of the molecule is CC(Cc1ccc(N(C)C)cc1)NS(=O)(=O)c1ccc2c(c1)CCC(=O)N2. The van der Waals surface area contributed by atoms with Crippen LogP contribution in [0.25, 0.3) is 0 Å². The van der Waals surface area contributed by atoms with Crippen molar-refractivity contribution in [2.75, 3.05) is 24.3 Å². The molecular weight excluding hydrogens is 362 g/mol. The molecule has 0 aliphatic carbocycles. The average molecular weight is 388 g/mol. The molecule has 0 spiro atoms. The van der Waals surface area contributed by atoms with Crippen molar-refractivity contribution in [3.8, 4) is 0 Å². The fourth-order valence-corrected chi connectivity index (χ4v) is 4.48. The summed E-state index contributed by atoms with van der Waals surface area (Å²) in [7, 11) is 0.345. The summed E-state index contributed by atoms with van der Waals surface area (Å²) in [6, 6.07) is 12.7. The first-order chi connectivity index (χ1) is 12.7. The number of nitrogens with one attached hydrogen (secondary N) is 2. The molecule has 0 saturated heterocycles. The largest absolute Gasteiger partial charge is 0.378 e. The number of carbonyl (C=O) groups excluding carboxylic acids is 1. The Hall–Kier alpha value is -2.38. The number of nitrogens with zero attached hydrogens (tertiary/aromatic N) is 1. The molecule has 2 aromatic carbocycles. The standard InChI is InChI=1S/C20H25N3O3S/c1-14(12-15-4-7-17(8-5-15)23(2)3)22-27(25,26)18-9-10-19-16(13-18)6-11-20(24)21-19/h4-5,7-10,13-14,22H,6,11-12H2,1-3H3,(H,21,24). The lowest BCUT2D eigenvalue weighted by atomic mass is 10.0. The predicted octanol–water partition coefficient (Wildman–Crippen LogP) is 2.55. The van der Waals surface area contributed by atoms with Crippen LogP contribution in [0.1, 0.15) is 24.5 Å². The zero-order chi connectivity index (χ0) is 19.6. The van der Waals surface area contributed by atoms with E-state index in [-0.39, 0.29) is 16.8 Å². The quantitative estimate of drug-likeness (QED) is 0.798. The fraction of sp³-hybridized carbons (Fsp3) is 0.350. The summed E-state index contributed by atoms with van der Waals surface area (Å²) < 4.78 is 28.2. The van der Waals surface area contributed by atoms with Gasteiger partial charge in [0.05, 0.1) is 4.90 Å². The van der Waals surface area contributed by atoms with Gasteiger partial charge in [-0.3, -0.25) is 4.79 Å². The van der Waals surface area contributed by atoms with Gasteiger partial charge in [-0.25, -0.2) is 13.1 Å². The van der Waals surface area contributed by atoms with Crippen LogP contribution in [0.3, 0.4) is 0 Å². The first-order valence-electron chi connectivity index (χ1n) is 8.96. The van der Waals surface area contributed by atoms with Gasteiger partial charge in [0.2, 0.25) is 15.9 Å². The number of benzene rings is 2. The molecule has 0 aromatic heterocycles. The molecule has 3 rings (SSSR count). The Morgan fingerprint density at radius 2 is 1.81 bits per heavy atom. The van der Waals surface area contributed by atoms with E-state index < -0.39 is 10.0 Å². The number of hydrogen-bond acceptors (Lipinski definition) is 4. The second-order valence-corrected chi connectivity index (χ2v) is 8.87. The number of carbonyl (C=O) groups is 1. The lowest BCUT2D eigenvalue weighted by molar-refractivity contribution is -0.116. The van der Waals surface area contributed by atoms with Crippen LogP contribution in [-0.2, 0) is 27.7 Å². The molecule has 7 heteroatoms. The van der Waals surface area contributed by atoms with Crippen LogP contribution in [-0.4, -0.2) is 34.5 Å². The van der Waals surface area contributed by atoms with Gasteiger partial charge in [0.15, 0.2) is 0 Å². The Morgan fingerprint density at radius 3 is 2.48 bits per heavy atom. The Kier molecular flexibility index (Phi) is 5.53. The summed E-state index contributed by atoms with van der Waals surface area (Å²) in [6.45, 7) is 1.86. The second-order valence-electron chi connectivity index (χ2n) is 7.15. The third-order valence-corrected chi connectivity index (χ3v) is 6.22. The molecule has 144 valence electrons. The van der Waals surface area contributed by atoms with Crippen LogP contribution < -0.4 is 14.9 Å². The van der Waals surface area contributed by atoms with Gasteiger partial charge in [-0.2, -0.15) is 0 Å². The first-order valence-corrected chi connectivity index (χ1v) is 10.4. The maximum absolute atomic E-state index is 12.7. The molecule has 1 aliphatic rings. The molecule has 1 amide bonds. The summed E-state index contributed by atoms with van der Waals surface area (Å²) in [5.74, 6) is -0.0369. The zero-order valence-electron chi connectivity index (χ0n) is 15.8. The topological polar surface area (TPSA) is 78.5 Å². The van der Waals surface area contributed by atoms with Gasteiger partial charge in [-0.15, -0.1) is 0 Å². The number of fused-ring (bicyclic) bond motifs is 1. The highest BCUT2D eigenvalue weighted by Gasteiger charge is 2.21. The molecule has 27 heavy (non-hydrogen) atoms. The summed E-state index contributed by atoms with van der Waals surface area (Å²) in [5.41, 5.74) is 3.72. The summed E-state index contributed by atoms with van der Waals surface area (Å²) in [4.78, 5) is 13.7. The van der Waals surface area contributed by atoms with Gasteiger partial charge < -0.3 is 10.2 Å². The van der Waals surface area contributed by atoms with E-state index in [0.29, 0.717) is 24.9 Å². The van der Waals surface area contributed by atoms with Crippen LogP contribution in [0.5, 0.6) is 0 Å². The molecule has 0 fully saturated rings. The normalized spacial score (nSPS) is 15.0. The van der Waals surface area contributed by atoms with E-state index in [4.69, 9.17) is 0 Å². The monoisotopic (exact) mass is 387 g/mol. The molecule has 0 radical (unpaired) electrons. The third-order valence-electron chi connectivity index (χ3n) is 4.63. The maximum atomic E-state index is 12.7. The van der Waals surface area contributed by atoms with E-state index in [1.807, 2.05) is 50.2 Å². The predicted molar refractivity (Wildman–Crippen MR) is 108 cm³/mol. The lowest BCUT2D eigenvalue weighted by Gasteiger charge is -2.19. The van der Waals surface area contributed by atoms with Crippen molar-refractivity contribution >= 4 is 27.3 Å². The molecular formula is C20H25N3O3S. The highest BCUT2D eigenvalue weighted by molar-refractivity contribution is 7.89. The lowest BCUT2D eigenvalue weighted by Crippen LogP contribution is -2.34. The van der Waals surface area contributed by atoms with Gasteiger partial charge >= 0.3 is 0 Å². The van der Waals surface area contributed by atoms with Crippen molar-refractivity contribution in [1.29, 1.82) is 0 Å². The van der Waals surface area contributed by atoms with E-state index in [1.54, 1.807) is 12.1 Å². The van der Waals surface area contributed by atoms with Gasteiger partial charge in [-0.05, 0) is 61.2 Å². The van der Waals surface area contributed by atoms with Crippen molar-refractivity contribution in [1.82, 2.24) is 4.72 Å². The minimum atomic E-state index is -3.62. The van der Waals surface area contributed by atoms with Crippen LogP contribution in [0.4, 0.5) is 11.4 Å². The van der Waals surface area contributed by atoms with E-state index in [0.717, 1.165) is 16.8 Å². The molecule has 2 N–H and O–H groups in total. The fourth-order valence-electron chi connectivity index (χ4n) is 3.19. The van der Waals surface area contributed by atoms with Gasteiger partial charge in [0.1, 0.15) is 0 Å². The van der Waals surface area contributed by atoms with Crippen molar-refractivity contribution in [3.63, 3.8) is 0 Å². The van der Waals surface area contributed by atoms with Crippen LogP contribution in [0, 0.1) is 0 Å². The summed E-state index contributed by atoms with van der Waals surface area (Å²) in [6.07, 6.45) is 1.54. The van der Waals surface area contributed by atoms with Crippen LogP contribution in [0.2, 0.25) is 0 Å². The number of sulfonamides is 1. The number of amides is 1. The highest BCUT2D eigenvalue weighted by atomic mass is 32.2. The molecule has 6 nitrogen and oxygen atoms in total. The molecule has 2 aromatic rings. The molecule has 1 atom stereocenters. The highest BCUT2D eigenvalue weighted by Crippen LogP contribution is 2.25. The summed E-state index contributed by atoms with van der Waals surface area (Å²) in [5, 5.41) is 2.77. The van der Waals surface area contributed by atoms with Crippen molar-refractivity contribution in [3.05, 3.63) is 53.6 Å². The number of aryl methyl sites for hydroxylation is 1. The van der Waals surface area contributed by atoms with Crippen molar-refractivity contribution < 1.29 is 13.2 Å². The molecule has 1 heterocycles. The smallest absolute Gasteiger partial charge is 0.240 e. The van der Waals surface area contributed by atoms with E-state index >= 15 is 0 Å². The van der Waals surface area contributed by atoms with E-state index in [1.165, 1.54) is 6.07 Å². The number of hydrogen-bond donors (Lipinski definition) is 2. The minimum absolute atomic E-state index is 0.0369. The Morgan fingerprint density at radius 1 is 1.11 bits per heavy atom. The van der Waals surface area contributed by atoms with Crippen molar-refractivity contribution in [2.45, 2.75) is 37.1 Å². The molecule has 1 aliphatic heterocycles. The Labute approximate surface area is 160 Å². The van der Waals surface area contributed by atoms with Crippen molar-refractivity contribution in [2.24, 2.45) is 0 Å². The van der Waals surface area contributed by atoms with Gasteiger partial charge in [0.25, 0.3) is 0 Å². The number of anilines is 2. The average Bonchev–Trinajstić information content (AvgIpc) is 2.61. The Balaban J connectivity index is 1.69. The molecule has 0 saturated carbocycles. The third kappa shape index (κ3) is 4.67. The molecule has 0 bridgehead atoms. The zero-order valence-corrected chi connectivity index (χ0v) is 16.6. The number of rotatable bonds is 6. The Bertz CT molecular complexity index is 937. The maximum Gasteiger partial charge on any atom is 0.240 e. The molecule has 1 unspecified atom stereocenters. The van der Waals surface area contributed by atoms with Crippen LogP contribution >= 0.6 is 0 Å². The van der Waals surface area contributed by atoms with Crippen LogP contribution in [0.15, 0.2) is 47.4 Å². The minimum Gasteiger partial charge on any atom is -0.378 e.